The number of halogens is 3. The van der Waals surface area contributed by atoms with Crippen LogP contribution in [0.5, 0.6) is 0 Å². The SMILES string of the molecule is C\C=C/C=C(\C(=N\O)C(=O)OCC)C(F)(F)F. The van der Waals surface area contributed by atoms with Gasteiger partial charge in [-0.05, 0) is 19.9 Å². The molecule has 0 aliphatic heterocycles. The van der Waals surface area contributed by atoms with E-state index in [0.29, 0.717) is 6.08 Å². The van der Waals surface area contributed by atoms with Gasteiger partial charge in [-0.3, -0.25) is 0 Å². The van der Waals surface area contributed by atoms with Crippen LogP contribution in [0.1, 0.15) is 13.8 Å². The fraction of sp³-hybridized carbons (Fsp3) is 0.400. The zero-order chi connectivity index (χ0) is 13.5. The molecule has 0 atom stereocenters. The van der Waals surface area contributed by atoms with E-state index in [1.165, 1.54) is 19.9 Å². The molecule has 0 bridgehead atoms. The summed E-state index contributed by atoms with van der Waals surface area (Å²) < 4.78 is 42.1. The molecular weight excluding hydrogens is 239 g/mol. The van der Waals surface area contributed by atoms with Gasteiger partial charge in [-0.25, -0.2) is 4.79 Å². The van der Waals surface area contributed by atoms with E-state index in [-0.39, 0.29) is 6.61 Å². The first-order valence-electron chi connectivity index (χ1n) is 4.68. The first kappa shape index (κ1) is 15.2. The molecular formula is C10H12F3NO3. The lowest BCUT2D eigenvalue weighted by atomic mass is 10.1. The molecule has 0 aromatic carbocycles. The van der Waals surface area contributed by atoms with E-state index in [2.05, 4.69) is 9.89 Å². The maximum absolute atomic E-state index is 12.6. The van der Waals surface area contributed by atoms with Crippen LogP contribution in [0.15, 0.2) is 29.0 Å². The van der Waals surface area contributed by atoms with Crippen LogP contribution in [0.25, 0.3) is 0 Å². The minimum atomic E-state index is -4.81. The molecule has 0 aromatic rings. The number of oxime groups is 1. The average Bonchev–Trinajstić information content (AvgIpc) is 2.22. The number of allylic oxidation sites excluding steroid dienone is 3. The number of nitrogens with zero attached hydrogens (tertiary/aromatic N) is 1. The molecule has 0 fully saturated rings. The number of hydrogen-bond acceptors (Lipinski definition) is 4. The van der Waals surface area contributed by atoms with Crippen molar-refractivity contribution in [3.8, 4) is 0 Å². The summed E-state index contributed by atoms with van der Waals surface area (Å²) in [4.78, 5) is 11.1. The lowest BCUT2D eigenvalue weighted by molar-refractivity contribution is -0.136. The number of rotatable bonds is 4. The molecule has 0 aliphatic carbocycles. The minimum absolute atomic E-state index is 0.118. The first-order valence-corrected chi connectivity index (χ1v) is 4.68. The van der Waals surface area contributed by atoms with Gasteiger partial charge in [-0.1, -0.05) is 17.3 Å². The van der Waals surface area contributed by atoms with E-state index in [4.69, 9.17) is 5.21 Å². The second kappa shape index (κ2) is 6.72. The van der Waals surface area contributed by atoms with Gasteiger partial charge < -0.3 is 9.94 Å². The van der Waals surface area contributed by atoms with Gasteiger partial charge in [0.05, 0.1) is 12.2 Å². The third-order valence-electron chi connectivity index (χ3n) is 1.58. The summed E-state index contributed by atoms with van der Waals surface area (Å²) in [6.07, 6.45) is -1.76. The molecule has 7 heteroatoms. The van der Waals surface area contributed by atoms with E-state index in [1.807, 2.05) is 0 Å². The van der Waals surface area contributed by atoms with Gasteiger partial charge in [0, 0.05) is 0 Å². The summed E-state index contributed by atoms with van der Waals surface area (Å²) >= 11 is 0. The van der Waals surface area contributed by atoms with Gasteiger partial charge >= 0.3 is 12.1 Å². The summed E-state index contributed by atoms with van der Waals surface area (Å²) in [6.45, 7) is 2.81. The Balaban J connectivity index is 5.37. The van der Waals surface area contributed by atoms with Crippen LogP contribution >= 0.6 is 0 Å². The monoisotopic (exact) mass is 251 g/mol. The topological polar surface area (TPSA) is 58.9 Å². The second-order valence-corrected chi connectivity index (χ2v) is 2.77. The highest BCUT2D eigenvalue weighted by molar-refractivity contribution is 6.43. The lowest BCUT2D eigenvalue weighted by Crippen LogP contribution is -2.28. The Bertz CT molecular complexity index is 356. The normalized spacial score (nSPS) is 14.2. The maximum Gasteiger partial charge on any atom is 0.418 e. The summed E-state index contributed by atoms with van der Waals surface area (Å²) in [5, 5.41) is 10.8. The second-order valence-electron chi connectivity index (χ2n) is 2.77. The van der Waals surface area contributed by atoms with Crippen LogP contribution < -0.4 is 0 Å². The molecule has 0 heterocycles. The van der Waals surface area contributed by atoms with Gasteiger partial charge in [0.15, 0.2) is 5.71 Å². The van der Waals surface area contributed by atoms with E-state index in [0.717, 1.165) is 6.08 Å². The van der Waals surface area contributed by atoms with Gasteiger partial charge in [0.1, 0.15) is 0 Å². The van der Waals surface area contributed by atoms with Crippen molar-refractivity contribution < 1.29 is 27.9 Å². The van der Waals surface area contributed by atoms with E-state index < -0.39 is 23.4 Å². The fourth-order valence-corrected chi connectivity index (χ4v) is 0.904. The van der Waals surface area contributed by atoms with Crippen LogP contribution in [-0.2, 0) is 9.53 Å². The largest absolute Gasteiger partial charge is 0.461 e. The van der Waals surface area contributed by atoms with E-state index in [1.54, 1.807) is 0 Å². The molecule has 0 unspecified atom stereocenters. The average molecular weight is 251 g/mol. The molecule has 0 aliphatic rings. The highest BCUT2D eigenvalue weighted by Crippen LogP contribution is 2.27. The van der Waals surface area contributed by atoms with Crippen LogP contribution in [0.3, 0.4) is 0 Å². The molecule has 0 amide bonds. The van der Waals surface area contributed by atoms with Gasteiger partial charge in [-0.15, -0.1) is 0 Å². The number of ether oxygens (including phenoxy) is 1. The molecule has 0 spiro atoms. The predicted octanol–water partition coefficient (Wildman–Crippen LogP) is 2.44. The smallest absolute Gasteiger partial charge is 0.418 e. The molecule has 0 saturated carbocycles. The van der Waals surface area contributed by atoms with Crippen molar-refractivity contribution in [3.05, 3.63) is 23.8 Å². The van der Waals surface area contributed by atoms with Crippen molar-refractivity contribution in [1.82, 2.24) is 0 Å². The summed E-state index contributed by atoms with van der Waals surface area (Å²) in [6, 6.07) is 0. The number of carbonyl (C=O) groups is 1. The molecule has 0 radical (unpaired) electrons. The fourth-order valence-electron chi connectivity index (χ4n) is 0.904. The van der Waals surface area contributed by atoms with Crippen molar-refractivity contribution in [2.45, 2.75) is 20.0 Å². The first-order chi connectivity index (χ1) is 7.88. The quantitative estimate of drug-likeness (QED) is 0.274. The zero-order valence-electron chi connectivity index (χ0n) is 9.28. The van der Waals surface area contributed by atoms with Crippen LogP contribution in [0, 0.1) is 0 Å². The minimum Gasteiger partial charge on any atom is -0.461 e. The number of alkyl halides is 3. The highest BCUT2D eigenvalue weighted by atomic mass is 19.4. The third kappa shape index (κ3) is 4.71. The number of carbonyl (C=O) groups excluding carboxylic acids is 1. The van der Waals surface area contributed by atoms with Crippen molar-refractivity contribution in [2.75, 3.05) is 6.61 Å². The van der Waals surface area contributed by atoms with Crippen LogP contribution in [0.4, 0.5) is 13.2 Å². The molecule has 0 saturated heterocycles. The lowest BCUT2D eigenvalue weighted by Gasteiger charge is -2.11. The van der Waals surface area contributed by atoms with Crippen LogP contribution in [-0.4, -0.2) is 29.7 Å². The Hall–Kier alpha value is -1.79. The van der Waals surface area contributed by atoms with Crippen LogP contribution in [0.2, 0.25) is 0 Å². The van der Waals surface area contributed by atoms with E-state index >= 15 is 0 Å². The molecule has 0 aromatic heterocycles. The zero-order valence-corrected chi connectivity index (χ0v) is 9.28. The van der Waals surface area contributed by atoms with E-state index in [9.17, 15) is 18.0 Å². The molecule has 96 valence electrons. The Morgan fingerprint density at radius 2 is 2.06 bits per heavy atom. The Kier molecular flexibility index (Phi) is 6.01. The maximum atomic E-state index is 12.6. The highest BCUT2D eigenvalue weighted by Gasteiger charge is 2.40. The molecule has 4 nitrogen and oxygen atoms in total. The summed E-state index contributed by atoms with van der Waals surface area (Å²) in [5.41, 5.74) is -2.53. The third-order valence-corrected chi connectivity index (χ3v) is 1.58. The van der Waals surface area contributed by atoms with Crippen molar-refractivity contribution in [3.63, 3.8) is 0 Å². The Morgan fingerprint density at radius 3 is 2.41 bits per heavy atom. The molecule has 1 N–H and O–H groups in total. The molecule has 0 rings (SSSR count). The summed E-state index contributed by atoms with van der Waals surface area (Å²) in [5.74, 6) is -1.33. The predicted molar refractivity (Wildman–Crippen MR) is 54.8 cm³/mol. The van der Waals surface area contributed by atoms with Gasteiger partial charge in [-0.2, -0.15) is 13.2 Å². The van der Waals surface area contributed by atoms with Gasteiger partial charge in [0.25, 0.3) is 0 Å². The number of hydrogen-bond donors (Lipinski definition) is 1. The summed E-state index contributed by atoms with van der Waals surface area (Å²) in [7, 11) is 0. The van der Waals surface area contributed by atoms with Crippen molar-refractivity contribution in [2.24, 2.45) is 5.16 Å². The molecule has 17 heavy (non-hydrogen) atoms. The standard InChI is InChI=1S/C10H12F3NO3/c1-3-5-6-7(10(11,12)13)8(14-16)9(15)17-4-2/h3,5-6,16H,4H2,1-2H3/b5-3-,7-6+,14-8-. The van der Waals surface area contributed by atoms with Gasteiger partial charge in [0.2, 0.25) is 0 Å². The number of esters is 1. The Morgan fingerprint density at radius 1 is 1.47 bits per heavy atom. The van der Waals surface area contributed by atoms with Crippen molar-refractivity contribution >= 4 is 11.7 Å². The van der Waals surface area contributed by atoms with Crippen molar-refractivity contribution in [1.29, 1.82) is 0 Å². The Labute approximate surface area is 96.1 Å².